The molecule has 7 heteroatoms. The fourth-order valence-electron chi connectivity index (χ4n) is 3.04. The molecule has 3 rings (SSSR count). The van der Waals surface area contributed by atoms with Crippen molar-refractivity contribution in [1.82, 2.24) is 9.62 Å². The molecule has 0 spiro atoms. The Morgan fingerprint density at radius 2 is 1.35 bits per heavy atom. The third-order valence-corrected chi connectivity index (χ3v) is 6.56. The molecular weight excluding hydrogens is 412 g/mol. The predicted molar refractivity (Wildman–Crippen MR) is 119 cm³/mol. The second-order valence-corrected chi connectivity index (χ2v) is 9.04. The minimum Gasteiger partial charge on any atom is -0.351 e. The lowest BCUT2D eigenvalue weighted by atomic mass is 10.2. The van der Waals surface area contributed by atoms with E-state index in [1.54, 1.807) is 0 Å². The van der Waals surface area contributed by atoms with E-state index >= 15 is 0 Å². The quantitative estimate of drug-likeness (QED) is 0.521. The van der Waals surface area contributed by atoms with Crippen molar-refractivity contribution in [2.75, 3.05) is 6.54 Å². The fourth-order valence-corrected chi connectivity index (χ4v) is 4.42. The van der Waals surface area contributed by atoms with Gasteiger partial charge in [0.05, 0.1) is 11.4 Å². The van der Waals surface area contributed by atoms with Crippen molar-refractivity contribution in [3.05, 3.63) is 102 Å². The van der Waals surface area contributed by atoms with E-state index < -0.39 is 15.9 Å². The molecule has 0 atom stereocenters. The molecule has 1 amide bonds. The maximum Gasteiger partial charge on any atom is 0.243 e. The number of ketones is 1. The summed E-state index contributed by atoms with van der Waals surface area (Å²) in [6.07, 6.45) is 0. The summed E-state index contributed by atoms with van der Waals surface area (Å²) in [5.74, 6) is -0.547. The number of carbonyl (C=O) groups is 2. The summed E-state index contributed by atoms with van der Waals surface area (Å²) in [4.78, 5) is 24.1. The normalized spacial score (nSPS) is 11.3. The van der Waals surface area contributed by atoms with E-state index in [-0.39, 0.29) is 23.8 Å². The van der Waals surface area contributed by atoms with Crippen LogP contribution in [0.1, 0.15) is 28.4 Å². The number of amides is 1. The number of Topliss-reactive ketones (excluding diaryl/α,β-unsaturated/α-hetero) is 1. The maximum absolute atomic E-state index is 13.3. The predicted octanol–water partition coefficient (Wildman–Crippen LogP) is 3.40. The van der Waals surface area contributed by atoms with Gasteiger partial charge in [0, 0.05) is 18.7 Å². The molecule has 6 nitrogen and oxygen atoms in total. The van der Waals surface area contributed by atoms with Crippen LogP contribution in [-0.4, -0.2) is 31.0 Å². The monoisotopic (exact) mass is 436 g/mol. The van der Waals surface area contributed by atoms with Crippen LogP contribution in [0.25, 0.3) is 0 Å². The highest BCUT2D eigenvalue weighted by atomic mass is 32.2. The summed E-state index contributed by atoms with van der Waals surface area (Å²) >= 11 is 0. The molecule has 3 aromatic carbocycles. The summed E-state index contributed by atoms with van der Waals surface area (Å²) in [6.45, 7) is 1.46. The molecule has 3 aromatic rings. The number of sulfonamides is 1. The molecule has 0 bridgehead atoms. The standard InChI is InChI=1S/C24H24N2O4S/c1-19(27)22-12-14-23(15-13-22)31(29,30)26(17-21-10-6-3-7-11-21)18-24(28)25-16-20-8-4-2-5-9-20/h2-15H,16-18H2,1H3,(H,25,28). The minimum atomic E-state index is -3.96. The molecule has 0 saturated carbocycles. The third-order valence-electron chi connectivity index (χ3n) is 4.75. The summed E-state index contributed by atoms with van der Waals surface area (Å²) in [5, 5.41) is 2.77. The van der Waals surface area contributed by atoms with E-state index in [0.717, 1.165) is 15.4 Å². The molecule has 0 aliphatic heterocycles. The van der Waals surface area contributed by atoms with Gasteiger partial charge in [-0.25, -0.2) is 8.42 Å². The molecule has 31 heavy (non-hydrogen) atoms. The SMILES string of the molecule is CC(=O)c1ccc(S(=O)(=O)N(CC(=O)NCc2ccccc2)Cc2ccccc2)cc1. The molecule has 0 heterocycles. The van der Waals surface area contributed by atoms with Gasteiger partial charge in [0.2, 0.25) is 15.9 Å². The van der Waals surface area contributed by atoms with Crippen molar-refractivity contribution in [3.8, 4) is 0 Å². The second-order valence-electron chi connectivity index (χ2n) is 7.10. The number of nitrogens with one attached hydrogen (secondary N) is 1. The average Bonchev–Trinajstić information content (AvgIpc) is 2.78. The van der Waals surface area contributed by atoms with E-state index in [4.69, 9.17) is 0 Å². The van der Waals surface area contributed by atoms with Gasteiger partial charge in [-0.2, -0.15) is 4.31 Å². The fraction of sp³-hybridized carbons (Fsp3) is 0.167. The molecule has 0 radical (unpaired) electrons. The number of hydrogen-bond donors (Lipinski definition) is 1. The van der Waals surface area contributed by atoms with Gasteiger partial charge in [0.15, 0.2) is 5.78 Å². The highest BCUT2D eigenvalue weighted by Gasteiger charge is 2.27. The smallest absolute Gasteiger partial charge is 0.243 e. The first-order valence-corrected chi connectivity index (χ1v) is 11.3. The molecule has 160 valence electrons. The molecule has 0 fully saturated rings. The molecule has 0 aliphatic rings. The van der Waals surface area contributed by atoms with E-state index in [1.165, 1.54) is 31.2 Å². The zero-order chi connectivity index (χ0) is 22.3. The van der Waals surface area contributed by atoms with E-state index in [9.17, 15) is 18.0 Å². The average molecular weight is 437 g/mol. The van der Waals surface area contributed by atoms with Gasteiger partial charge in [-0.3, -0.25) is 9.59 Å². The zero-order valence-corrected chi connectivity index (χ0v) is 18.0. The summed E-state index contributed by atoms with van der Waals surface area (Å²) in [7, 11) is -3.96. The Morgan fingerprint density at radius 3 is 1.90 bits per heavy atom. The van der Waals surface area contributed by atoms with Crippen LogP contribution in [-0.2, 0) is 27.9 Å². The summed E-state index contributed by atoms with van der Waals surface area (Å²) in [6, 6.07) is 24.2. The Bertz CT molecular complexity index is 1130. The molecular formula is C24H24N2O4S. The van der Waals surface area contributed by atoms with Crippen molar-refractivity contribution >= 4 is 21.7 Å². The number of benzene rings is 3. The number of rotatable bonds is 9. The van der Waals surface area contributed by atoms with Crippen LogP contribution < -0.4 is 5.32 Å². The van der Waals surface area contributed by atoms with Crippen molar-refractivity contribution in [1.29, 1.82) is 0 Å². The van der Waals surface area contributed by atoms with Crippen LogP contribution in [0.15, 0.2) is 89.8 Å². The highest BCUT2D eigenvalue weighted by Crippen LogP contribution is 2.19. The first-order chi connectivity index (χ1) is 14.9. The lowest BCUT2D eigenvalue weighted by Crippen LogP contribution is -2.40. The number of carbonyl (C=O) groups excluding carboxylic acids is 2. The second kappa shape index (κ2) is 10.1. The van der Waals surface area contributed by atoms with Crippen LogP contribution in [0, 0.1) is 0 Å². The molecule has 1 N–H and O–H groups in total. The molecule has 0 saturated heterocycles. The Kier molecular flexibility index (Phi) is 7.33. The number of nitrogens with zero attached hydrogens (tertiary/aromatic N) is 1. The van der Waals surface area contributed by atoms with Crippen LogP contribution in [0.3, 0.4) is 0 Å². The Balaban J connectivity index is 1.81. The van der Waals surface area contributed by atoms with E-state index in [2.05, 4.69) is 5.32 Å². The first-order valence-electron chi connectivity index (χ1n) is 9.82. The first kappa shape index (κ1) is 22.4. The third kappa shape index (κ3) is 6.10. The van der Waals surface area contributed by atoms with Crippen molar-refractivity contribution < 1.29 is 18.0 Å². The summed E-state index contributed by atoms with van der Waals surface area (Å²) in [5.41, 5.74) is 2.12. The lowest BCUT2D eigenvalue weighted by Gasteiger charge is -2.22. The lowest BCUT2D eigenvalue weighted by molar-refractivity contribution is -0.121. The summed E-state index contributed by atoms with van der Waals surface area (Å²) < 4.78 is 27.7. The maximum atomic E-state index is 13.3. The zero-order valence-electron chi connectivity index (χ0n) is 17.2. The van der Waals surface area contributed by atoms with Gasteiger partial charge < -0.3 is 5.32 Å². The van der Waals surface area contributed by atoms with Crippen LogP contribution >= 0.6 is 0 Å². The Morgan fingerprint density at radius 1 is 0.806 bits per heavy atom. The van der Waals surface area contributed by atoms with Crippen molar-refractivity contribution in [2.45, 2.75) is 24.9 Å². The van der Waals surface area contributed by atoms with Gasteiger partial charge in [-0.05, 0) is 30.2 Å². The van der Waals surface area contributed by atoms with E-state index in [1.807, 2.05) is 60.7 Å². The van der Waals surface area contributed by atoms with Crippen LogP contribution in [0.2, 0.25) is 0 Å². The number of hydrogen-bond acceptors (Lipinski definition) is 4. The topological polar surface area (TPSA) is 83.6 Å². The van der Waals surface area contributed by atoms with Gasteiger partial charge in [0.25, 0.3) is 0 Å². The minimum absolute atomic E-state index is 0.0318. The van der Waals surface area contributed by atoms with Crippen LogP contribution in [0.4, 0.5) is 0 Å². The molecule has 0 aliphatic carbocycles. The highest BCUT2D eigenvalue weighted by molar-refractivity contribution is 7.89. The Labute approximate surface area is 182 Å². The van der Waals surface area contributed by atoms with Gasteiger partial charge in [-0.1, -0.05) is 72.8 Å². The van der Waals surface area contributed by atoms with Gasteiger partial charge in [-0.15, -0.1) is 0 Å². The van der Waals surface area contributed by atoms with Gasteiger partial charge >= 0.3 is 0 Å². The van der Waals surface area contributed by atoms with Crippen LogP contribution in [0.5, 0.6) is 0 Å². The van der Waals surface area contributed by atoms with Gasteiger partial charge in [0.1, 0.15) is 0 Å². The largest absolute Gasteiger partial charge is 0.351 e. The Hall–Kier alpha value is -3.29. The van der Waals surface area contributed by atoms with Crippen molar-refractivity contribution in [3.63, 3.8) is 0 Å². The van der Waals surface area contributed by atoms with Crippen molar-refractivity contribution in [2.24, 2.45) is 0 Å². The molecule has 0 unspecified atom stereocenters. The molecule has 0 aromatic heterocycles. The van der Waals surface area contributed by atoms with E-state index in [0.29, 0.717) is 12.1 Å².